The van der Waals surface area contributed by atoms with Crippen LogP contribution in [0.2, 0.25) is 0 Å². The highest BCUT2D eigenvalue weighted by Gasteiger charge is 2.03. The minimum absolute atomic E-state index is 0.0826. The van der Waals surface area contributed by atoms with Gasteiger partial charge in [0.1, 0.15) is 5.75 Å². The molecule has 116 valence electrons. The number of halogens is 1. The van der Waals surface area contributed by atoms with E-state index >= 15 is 0 Å². The Morgan fingerprint density at radius 3 is 2.32 bits per heavy atom. The van der Waals surface area contributed by atoms with E-state index < -0.39 is 0 Å². The molecule has 0 aromatic heterocycles. The number of hydrogen-bond acceptors (Lipinski definition) is 3. The lowest BCUT2D eigenvalue weighted by Crippen LogP contribution is -2.21. The standard InChI is InChI=1S/C17H19IN2O2/c1-2-11-22-16-9-7-15(8-10-16)20-17(21)12-19-14-5-3-13(18)4-6-14/h3-10,19H,2,11-12H2,1H3,(H,20,21). The van der Waals surface area contributed by atoms with Crippen molar-refractivity contribution in [2.75, 3.05) is 23.8 Å². The summed E-state index contributed by atoms with van der Waals surface area (Å²) in [4.78, 5) is 11.9. The fourth-order valence-corrected chi connectivity index (χ4v) is 2.17. The van der Waals surface area contributed by atoms with Crippen molar-refractivity contribution < 1.29 is 9.53 Å². The van der Waals surface area contributed by atoms with Crippen LogP contribution in [0.15, 0.2) is 48.5 Å². The normalized spacial score (nSPS) is 10.1. The summed E-state index contributed by atoms with van der Waals surface area (Å²) in [6.45, 7) is 3.00. The van der Waals surface area contributed by atoms with Crippen molar-refractivity contribution >= 4 is 39.9 Å². The Hall–Kier alpha value is -1.76. The summed E-state index contributed by atoms with van der Waals surface area (Å²) in [6, 6.07) is 15.3. The molecule has 0 bridgehead atoms. The molecule has 2 rings (SSSR count). The summed E-state index contributed by atoms with van der Waals surface area (Å²) in [5.41, 5.74) is 1.69. The van der Waals surface area contributed by atoms with Crippen molar-refractivity contribution in [2.24, 2.45) is 0 Å². The zero-order chi connectivity index (χ0) is 15.8. The van der Waals surface area contributed by atoms with Gasteiger partial charge in [-0.15, -0.1) is 0 Å². The topological polar surface area (TPSA) is 50.4 Å². The van der Waals surface area contributed by atoms with Gasteiger partial charge in [-0.2, -0.15) is 0 Å². The second-order valence-corrected chi connectivity index (χ2v) is 6.03. The van der Waals surface area contributed by atoms with Crippen LogP contribution in [-0.4, -0.2) is 19.1 Å². The van der Waals surface area contributed by atoms with Gasteiger partial charge in [-0.05, 0) is 77.5 Å². The summed E-state index contributed by atoms with van der Waals surface area (Å²) >= 11 is 2.25. The molecule has 0 saturated carbocycles. The molecule has 22 heavy (non-hydrogen) atoms. The number of anilines is 2. The molecule has 0 saturated heterocycles. The molecular weight excluding hydrogens is 391 g/mol. The highest BCUT2D eigenvalue weighted by molar-refractivity contribution is 14.1. The van der Waals surface area contributed by atoms with Gasteiger partial charge in [0, 0.05) is 14.9 Å². The molecule has 0 aliphatic heterocycles. The molecule has 5 heteroatoms. The van der Waals surface area contributed by atoms with Crippen LogP contribution in [0, 0.1) is 3.57 Å². The van der Waals surface area contributed by atoms with Crippen LogP contribution in [0.3, 0.4) is 0 Å². The van der Waals surface area contributed by atoms with Crippen molar-refractivity contribution in [2.45, 2.75) is 13.3 Å². The maximum absolute atomic E-state index is 11.9. The zero-order valence-electron chi connectivity index (χ0n) is 12.4. The smallest absolute Gasteiger partial charge is 0.243 e. The van der Waals surface area contributed by atoms with Gasteiger partial charge in [-0.25, -0.2) is 0 Å². The predicted octanol–water partition coefficient (Wildman–Crippen LogP) is 4.13. The summed E-state index contributed by atoms with van der Waals surface area (Å²) in [5, 5.41) is 5.94. The van der Waals surface area contributed by atoms with Gasteiger partial charge in [0.2, 0.25) is 5.91 Å². The van der Waals surface area contributed by atoms with Crippen molar-refractivity contribution in [1.29, 1.82) is 0 Å². The fourth-order valence-electron chi connectivity index (χ4n) is 1.81. The average molecular weight is 410 g/mol. The second-order valence-electron chi connectivity index (χ2n) is 4.78. The van der Waals surface area contributed by atoms with Crippen LogP contribution in [0.5, 0.6) is 5.75 Å². The summed E-state index contributed by atoms with van der Waals surface area (Å²) in [7, 11) is 0. The third kappa shape index (κ3) is 5.55. The van der Waals surface area contributed by atoms with Crippen LogP contribution in [0.1, 0.15) is 13.3 Å². The molecule has 4 nitrogen and oxygen atoms in total. The van der Waals surface area contributed by atoms with Crippen LogP contribution in [0.4, 0.5) is 11.4 Å². The van der Waals surface area contributed by atoms with Crippen molar-refractivity contribution in [3.63, 3.8) is 0 Å². The number of rotatable bonds is 7. The van der Waals surface area contributed by atoms with Gasteiger partial charge < -0.3 is 15.4 Å². The van der Waals surface area contributed by atoms with Crippen molar-refractivity contribution in [3.05, 3.63) is 52.1 Å². The number of benzene rings is 2. The van der Waals surface area contributed by atoms with E-state index in [2.05, 4.69) is 40.1 Å². The lowest BCUT2D eigenvalue weighted by Gasteiger charge is -2.09. The SMILES string of the molecule is CCCOc1ccc(NC(=O)CNc2ccc(I)cc2)cc1. The van der Waals surface area contributed by atoms with Gasteiger partial charge in [0.25, 0.3) is 0 Å². The van der Waals surface area contributed by atoms with Gasteiger partial charge >= 0.3 is 0 Å². The van der Waals surface area contributed by atoms with Crippen LogP contribution in [0.25, 0.3) is 0 Å². The molecule has 0 atom stereocenters. The molecule has 0 radical (unpaired) electrons. The van der Waals surface area contributed by atoms with E-state index in [-0.39, 0.29) is 12.5 Å². The van der Waals surface area contributed by atoms with E-state index in [0.29, 0.717) is 6.61 Å². The molecule has 2 N–H and O–H groups in total. The number of carbonyl (C=O) groups is 1. The van der Waals surface area contributed by atoms with Gasteiger partial charge in [0.05, 0.1) is 13.2 Å². The van der Waals surface area contributed by atoms with E-state index in [1.165, 1.54) is 0 Å². The molecule has 0 fully saturated rings. The van der Waals surface area contributed by atoms with E-state index in [4.69, 9.17) is 4.74 Å². The highest BCUT2D eigenvalue weighted by Crippen LogP contribution is 2.16. The maximum atomic E-state index is 11.9. The molecule has 0 spiro atoms. The number of carbonyl (C=O) groups excluding carboxylic acids is 1. The lowest BCUT2D eigenvalue weighted by molar-refractivity contribution is -0.114. The Kier molecular flexibility index (Phi) is 6.51. The van der Waals surface area contributed by atoms with Gasteiger partial charge in [0.15, 0.2) is 0 Å². The van der Waals surface area contributed by atoms with E-state index in [1.807, 2.05) is 48.5 Å². The van der Waals surface area contributed by atoms with E-state index in [9.17, 15) is 4.79 Å². The molecule has 1 amide bonds. The maximum Gasteiger partial charge on any atom is 0.243 e. The molecule has 0 heterocycles. The molecule has 0 aliphatic carbocycles. The van der Waals surface area contributed by atoms with Gasteiger partial charge in [-0.1, -0.05) is 6.92 Å². The summed E-state index contributed by atoms with van der Waals surface area (Å²) in [5.74, 6) is 0.734. The Morgan fingerprint density at radius 1 is 1.05 bits per heavy atom. The van der Waals surface area contributed by atoms with Gasteiger partial charge in [-0.3, -0.25) is 4.79 Å². The first-order valence-electron chi connectivity index (χ1n) is 7.19. The number of amides is 1. The molecule has 0 aliphatic rings. The number of nitrogens with one attached hydrogen (secondary N) is 2. The predicted molar refractivity (Wildman–Crippen MR) is 98.5 cm³/mol. The third-order valence-corrected chi connectivity index (χ3v) is 3.63. The van der Waals surface area contributed by atoms with Crippen molar-refractivity contribution in [3.8, 4) is 5.75 Å². The second kappa shape index (κ2) is 8.63. The first-order valence-corrected chi connectivity index (χ1v) is 8.27. The minimum Gasteiger partial charge on any atom is -0.494 e. The zero-order valence-corrected chi connectivity index (χ0v) is 14.6. The first kappa shape index (κ1) is 16.6. The Balaban J connectivity index is 1.80. The number of hydrogen-bond donors (Lipinski definition) is 2. The third-order valence-electron chi connectivity index (χ3n) is 2.91. The fraction of sp³-hybridized carbons (Fsp3) is 0.235. The monoisotopic (exact) mass is 410 g/mol. The summed E-state index contributed by atoms with van der Waals surface area (Å²) < 4.78 is 6.67. The largest absolute Gasteiger partial charge is 0.494 e. The number of ether oxygens (including phenoxy) is 1. The van der Waals surface area contributed by atoms with Crippen LogP contribution in [-0.2, 0) is 4.79 Å². The van der Waals surface area contributed by atoms with E-state index in [0.717, 1.165) is 27.1 Å². The minimum atomic E-state index is -0.0826. The Morgan fingerprint density at radius 2 is 1.68 bits per heavy atom. The average Bonchev–Trinajstić information content (AvgIpc) is 2.54. The molecular formula is C17H19IN2O2. The van der Waals surface area contributed by atoms with Crippen LogP contribution < -0.4 is 15.4 Å². The van der Waals surface area contributed by atoms with Crippen LogP contribution >= 0.6 is 22.6 Å². The highest BCUT2D eigenvalue weighted by atomic mass is 127. The first-order chi connectivity index (χ1) is 10.7. The lowest BCUT2D eigenvalue weighted by atomic mass is 10.3. The Bertz CT molecular complexity index is 597. The van der Waals surface area contributed by atoms with Crippen molar-refractivity contribution in [1.82, 2.24) is 0 Å². The Labute approximate surface area is 144 Å². The molecule has 2 aromatic rings. The molecule has 2 aromatic carbocycles. The van der Waals surface area contributed by atoms with E-state index in [1.54, 1.807) is 0 Å². The molecule has 0 unspecified atom stereocenters. The summed E-state index contributed by atoms with van der Waals surface area (Å²) in [6.07, 6.45) is 0.975. The quantitative estimate of drug-likeness (QED) is 0.675.